The van der Waals surface area contributed by atoms with Gasteiger partial charge in [0.25, 0.3) is 0 Å². The molecule has 1 aromatic carbocycles. The Morgan fingerprint density at radius 1 is 1.30 bits per heavy atom. The van der Waals surface area contributed by atoms with Gasteiger partial charge in [0.1, 0.15) is 5.54 Å². The first-order valence-corrected chi connectivity index (χ1v) is 7.34. The summed E-state index contributed by atoms with van der Waals surface area (Å²) in [4.78, 5) is 11.1. The molecule has 3 N–H and O–H groups in total. The van der Waals surface area contributed by atoms with E-state index in [1.807, 2.05) is 0 Å². The molecule has 0 aliphatic carbocycles. The van der Waals surface area contributed by atoms with Gasteiger partial charge in [0.2, 0.25) is 0 Å². The summed E-state index contributed by atoms with van der Waals surface area (Å²) in [5.41, 5.74) is 8.62. The van der Waals surface area contributed by atoms with Crippen LogP contribution in [0.1, 0.15) is 49.8 Å². The van der Waals surface area contributed by atoms with Gasteiger partial charge in [0, 0.05) is 0 Å². The molecule has 0 amide bonds. The maximum Gasteiger partial charge on any atom is 0.323 e. The van der Waals surface area contributed by atoms with Crippen LogP contribution in [0.3, 0.4) is 0 Å². The van der Waals surface area contributed by atoms with Gasteiger partial charge in [-0.2, -0.15) is 0 Å². The molecular weight excluding hydrogens is 250 g/mol. The quantitative estimate of drug-likeness (QED) is 0.802. The van der Waals surface area contributed by atoms with Crippen LogP contribution in [-0.2, 0) is 11.2 Å². The van der Waals surface area contributed by atoms with Crippen molar-refractivity contribution in [3.05, 3.63) is 34.9 Å². The Kier molecular flexibility index (Phi) is 5.75. The lowest BCUT2D eigenvalue weighted by molar-refractivity contribution is -0.143. The molecule has 112 valence electrons. The summed E-state index contributed by atoms with van der Waals surface area (Å²) >= 11 is 0. The first kappa shape index (κ1) is 16.7. The first-order chi connectivity index (χ1) is 9.24. The number of carboxylic acid groups (broad SMARTS) is 1. The Morgan fingerprint density at radius 2 is 1.85 bits per heavy atom. The lowest BCUT2D eigenvalue weighted by Crippen LogP contribution is -2.46. The lowest BCUT2D eigenvalue weighted by atomic mass is 9.84. The third-order valence-corrected chi connectivity index (χ3v) is 3.90. The van der Waals surface area contributed by atoms with Gasteiger partial charge in [-0.15, -0.1) is 0 Å². The molecule has 1 rings (SSSR count). The monoisotopic (exact) mass is 277 g/mol. The largest absolute Gasteiger partial charge is 0.480 e. The zero-order valence-electron chi connectivity index (χ0n) is 13.1. The summed E-state index contributed by atoms with van der Waals surface area (Å²) < 4.78 is 0. The maximum atomic E-state index is 11.1. The van der Waals surface area contributed by atoms with Gasteiger partial charge in [-0.05, 0) is 51.5 Å². The minimum absolute atomic E-state index is 0.349. The number of aryl methyl sites for hydroxylation is 3. The number of hydrogen-bond acceptors (Lipinski definition) is 2. The van der Waals surface area contributed by atoms with Crippen molar-refractivity contribution in [1.82, 2.24) is 0 Å². The van der Waals surface area contributed by atoms with Gasteiger partial charge in [0.15, 0.2) is 0 Å². The van der Waals surface area contributed by atoms with Crippen molar-refractivity contribution in [3.8, 4) is 0 Å². The summed E-state index contributed by atoms with van der Waals surface area (Å²) in [5, 5.41) is 9.12. The van der Waals surface area contributed by atoms with Crippen LogP contribution < -0.4 is 5.73 Å². The fourth-order valence-electron chi connectivity index (χ4n) is 2.72. The smallest absolute Gasteiger partial charge is 0.323 e. The second kappa shape index (κ2) is 6.89. The van der Waals surface area contributed by atoms with E-state index in [1.165, 1.54) is 16.7 Å². The number of carboxylic acids is 1. The van der Waals surface area contributed by atoms with Gasteiger partial charge in [-0.25, -0.2) is 0 Å². The Balaban J connectivity index is 2.63. The highest BCUT2D eigenvalue weighted by molar-refractivity contribution is 5.77. The summed E-state index contributed by atoms with van der Waals surface area (Å²) in [6, 6.07) is 6.58. The van der Waals surface area contributed by atoms with Crippen LogP contribution in [0, 0.1) is 19.8 Å². The molecular formula is C17H27NO2. The van der Waals surface area contributed by atoms with E-state index in [2.05, 4.69) is 39.0 Å². The number of hydrogen-bond donors (Lipinski definition) is 2. The average Bonchev–Trinajstić information content (AvgIpc) is 2.33. The average molecular weight is 277 g/mol. The molecule has 0 radical (unpaired) electrons. The lowest BCUT2D eigenvalue weighted by Gasteiger charge is -2.25. The van der Waals surface area contributed by atoms with Gasteiger partial charge in [-0.1, -0.05) is 42.7 Å². The van der Waals surface area contributed by atoms with Crippen LogP contribution in [0.25, 0.3) is 0 Å². The van der Waals surface area contributed by atoms with Crippen molar-refractivity contribution in [1.29, 1.82) is 0 Å². The summed E-state index contributed by atoms with van der Waals surface area (Å²) in [6.45, 7) is 7.92. The van der Waals surface area contributed by atoms with E-state index in [4.69, 9.17) is 10.8 Å². The molecule has 0 saturated carbocycles. The van der Waals surface area contributed by atoms with Crippen LogP contribution in [-0.4, -0.2) is 16.6 Å². The zero-order valence-corrected chi connectivity index (χ0v) is 13.1. The van der Waals surface area contributed by atoms with Crippen molar-refractivity contribution in [3.63, 3.8) is 0 Å². The van der Waals surface area contributed by atoms with Crippen LogP contribution in [0.15, 0.2) is 18.2 Å². The molecule has 0 spiro atoms. The fraction of sp³-hybridized carbons (Fsp3) is 0.588. The summed E-state index contributed by atoms with van der Waals surface area (Å²) in [5.74, 6) is -0.565. The van der Waals surface area contributed by atoms with Crippen LogP contribution >= 0.6 is 0 Å². The van der Waals surface area contributed by atoms with E-state index in [0.717, 1.165) is 19.3 Å². The predicted molar refractivity (Wildman–Crippen MR) is 82.9 cm³/mol. The zero-order chi connectivity index (χ0) is 15.3. The number of benzene rings is 1. The topological polar surface area (TPSA) is 63.3 Å². The molecule has 3 heteroatoms. The predicted octanol–water partition coefficient (Wildman–Crippen LogP) is 3.45. The Labute approximate surface area is 122 Å². The minimum Gasteiger partial charge on any atom is -0.480 e. The maximum absolute atomic E-state index is 11.1. The molecule has 0 heterocycles. The number of rotatable bonds is 7. The highest BCUT2D eigenvalue weighted by Crippen LogP contribution is 2.23. The highest BCUT2D eigenvalue weighted by atomic mass is 16.4. The number of carbonyl (C=O) groups is 1. The van der Waals surface area contributed by atoms with Crippen molar-refractivity contribution in [2.75, 3.05) is 0 Å². The van der Waals surface area contributed by atoms with Crippen LogP contribution in [0.2, 0.25) is 0 Å². The van der Waals surface area contributed by atoms with E-state index >= 15 is 0 Å². The van der Waals surface area contributed by atoms with Crippen LogP contribution in [0.5, 0.6) is 0 Å². The summed E-state index contributed by atoms with van der Waals surface area (Å²) in [7, 11) is 0. The van der Waals surface area contributed by atoms with Crippen molar-refractivity contribution < 1.29 is 9.90 Å². The second-order valence-corrected chi connectivity index (χ2v) is 6.24. The molecule has 2 atom stereocenters. The standard InChI is InChI=1S/C17H27NO2/c1-5-14(11-17(4,18)16(19)20)6-7-15-9-12(2)8-13(3)10-15/h8-10,14H,5-7,11,18H2,1-4H3,(H,19,20). The first-order valence-electron chi connectivity index (χ1n) is 7.34. The number of aliphatic carboxylic acids is 1. The Morgan fingerprint density at radius 3 is 2.30 bits per heavy atom. The van der Waals surface area contributed by atoms with Gasteiger partial charge in [0.05, 0.1) is 0 Å². The van der Waals surface area contributed by atoms with E-state index in [9.17, 15) is 4.79 Å². The third kappa shape index (κ3) is 4.97. The molecule has 0 aromatic heterocycles. The molecule has 2 unspecified atom stereocenters. The molecule has 0 aliphatic heterocycles. The Hall–Kier alpha value is -1.35. The SMILES string of the molecule is CCC(CCc1cc(C)cc(C)c1)CC(C)(N)C(=O)O. The van der Waals surface area contributed by atoms with Gasteiger partial charge < -0.3 is 10.8 Å². The minimum atomic E-state index is -1.12. The fourth-order valence-corrected chi connectivity index (χ4v) is 2.72. The van der Waals surface area contributed by atoms with Crippen molar-refractivity contribution in [2.45, 2.75) is 58.9 Å². The third-order valence-electron chi connectivity index (χ3n) is 3.90. The van der Waals surface area contributed by atoms with Crippen LogP contribution in [0.4, 0.5) is 0 Å². The Bertz CT molecular complexity index is 446. The van der Waals surface area contributed by atoms with Crippen molar-refractivity contribution in [2.24, 2.45) is 11.7 Å². The highest BCUT2D eigenvalue weighted by Gasteiger charge is 2.30. The van der Waals surface area contributed by atoms with Gasteiger partial charge in [-0.3, -0.25) is 4.79 Å². The molecule has 0 fully saturated rings. The molecule has 3 nitrogen and oxygen atoms in total. The normalized spacial score (nSPS) is 15.7. The molecule has 0 bridgehead atoms. The van der Waals surface area contributed by atoms with E-state index in [-0.39, 0.29) is 0 Å². The number of nitrogens with two attached hydrogens (primary N) is 1. The second-order valence-electron chi connectivity index (χ2n) is 6.24. The summed E-state index contributed by atoms with van der Waals surface area (Å²) in [6.07, 6.45) is 3.46. The van der Waals surface area contributed by atoms with E-state index in [1.54, 1.807) is 6.92 Å². The molecule has 0 aliphatic rings. The van der Waals surface area contributed by atoms with Gasteiger partial charge >= 0.3 is 5.97 Å². The molecule has 0 saturated heterocycles. The molecule has 1 aromatic rings. The van der Waals surface area contributed by atoms with E-state index < -0.39 is 11.5 Å². The van der Waals surface area contributed by atoms with E-state index in [0.29, 0.717) is 12.3 Å². The molecule has 20 heavy (non-hydrogen) atoms. The van der Waals surface area contributed by atoms with Crippen molar-refractivity contribution >= 4 is 5.97 Å².